The summed E-state index contributed by atoms with van der Waals surface area (Å²) in [4.78, 5) is 4.66. The normalized spacial score (nSPS) is 10.7. The van der Waals surface area contributed by atoms with E-state index in [0.717, 1.165) is 18.4 Å². The lowest BCUT2D eigenvalue weighted by atomic mass is 10.1. The maximum atomic E-state index is 4.66. The maximum absolute atomic E-state index is 4.66. The molecule has 0 saturated heterocycles. The predicted octanol–water partition coefficient (Wildman–Crippen LogP) is 3.50. The van der Waals surface area contributed by atoms with Gasteiger partial charge in [0, 0.05) is 11.1 Å². The molecule has 0 unspecified atom stereocenters. The smallest absolute Gasteiger partial charge is 0.0705 e. The molecule has 1 heteroatoms. The molecular formula is C13H15N. The Kier molecular flexibility index (Phi) is 2.49. The van der Waals surface area contributed by atoms with Crippen LogP contribution in [-0.2, 0) is 6.42 Å². The van der Waals surface area contributed by atoms with Gasteiger partial charge in [-0.3, -0.25) is 4.98 Å². The topological polar surface area (TPSA) is 12.9 Å². The van der Waals surface area contributed by atoms with Crippen molar-refractivity contribution in [3.8, 4) is 0 Å². The van der Waals surface area contributed by atoms with Crippen molar-refractivity contribution in [2.75, 3.05) is 0 Å². The highest BCUT2D eigenvalue weighted by Crippen LogP contribution is 2.16. The van der Waals surface area contributed by atoms with Crippen molar-refractivity contribution in [2.24, 2.45) is 0 Å². The van der Waals surface area contributed by atoms with Gasteiger partial charge in [0.25, 0.3) is 0 Å². The fourth-order valence-corrected chi connectivity index (χ4v) is 1.75. The Bertz CT molecular complexity index is 446. The zero-order valence-electron chi connectivity index (χ0n) is 8.75. The van der Waals surface area contributed by atoms with Gasteiger partial charge >= 0.3 is 0 Å². The molecule has 0 saturated carbocycles. The molecule has 14 heavy (non-hydrogen) atoms. The van der Waals surface area contributed by atoms with Crippen molar-refractivity contribution in [2.45, 2.75) is 26.7 Å². The molecule has 0 amide bonds. The lowest BCUT2D eigenvalue weighted by Gasteiger charge is -2.05. The average molecular weight is 185 g/mol. The van der Waals surface area contributed by atoms with Crippen LogP contribution in [0.2, 0.25) is 0 Å². The first-order chi connectivity index (χ1) is 6.81. The van der Waals surface area contributed by atoms with Crippen LogP contribution in [-0.4, -0.2) is 4.98 Å². The Morgan fingerprint density at radius 1 is 1.21 bits per heavy atom. The lowest BCUT2D eigenvalue weighted by Crippen LogP contribution is -1.94. The Balaban J connectivity index is 2.59. The van der Waals surface area contributed by atoms with E-state index in [-0.39, 0.29) is 0 Å². The summed E-state index contributed by atoms with van der Waals surface area (Å²) in [5.41, 5.74) is 3.67. The van der Waals surface area contributed by atoms with E-state index in [9.17, 15) is 0 Å². The molecule has 0 aliphatic rings. The fraction of sp³-hybridized carbons (Fsp3) is 0.308. The zero-order chi connectivity index (χ0) is 9.97. The highest BCUT2D eigenvalue weighted by atomic mass is 14.7. The minimum Gasteiger partial charge on any atom is -0.253 e. The molecule has 2 rings (SSSR count). The van der Waals surface area contributed by atoms with Gasteiger partial charge in [-0.2, -0.15) is 0 Å². The Hall–Kier alpha value is -1.37. The molecule has 72 valence electrons. The molecule has 0 spiro atoms. The first-order valence-electron chi connectivity index (χ1n) is 5.16. The summed E-state index contributed by atoms with van der Waals surface area (Å²) in [5.74, 6) is 0. The SMILES string of the molecule is CCCc1nc2ccccc2cc1C. The Labute approximate surface area is 84.8 Å². The van der Waals surface area contributed by atoms with E-state index < -0.39 is 0 Å². The summed E-state index contributed by atoms with van der Waals surface area (Å²) in [5, 5.41) is 1.24. The maximum Gasteiger partial charge on any atom is 0.0705 e. The van der Waals surface area contributed by atoms with Crippen LogP contribution in [0.4, 0.5) is 0 Å². The van der Waals surface area contributed by atoms with Crippen molar-refractivity contribution in [3.05, 3.63) is 41.6 Å². The molecule has 1 aromatic carbocycles. The molecule has 1 heterocycles. The first kappa shape index (κ1) is 9.20. The van der Waals surface area contributed by atoms with E-state index in [1.807, 2.05) is 6.07 Å². The van der Waals surface area contributed by atoms with Gasteiger partial charge in [-0.05, 0) is 31.0 Å². The second-order valence-corrected chi connectivity index (χ2v) is 3.69. The third-order valence-corrected chi connectivity index (χ3v) is 2.51. The largest absolute Gasteiger partial charge is 0.253 e. The van der Waals surface area contributed by atoms with Crippen LogP contribution in [0.1, 0.15) is 24.6 Å². The molecule has 1 nitrogen and oxygen atoms in total. The minimum absolute atomic E-state index is 1.08. The molecule has 0 radical (unpaired) electrons. The molecule has 0 bridgehead atoms. The van der Waals surface area contributed by atoms with Gasteiger partial charge in [-0.1, -0.05) is 31.5 Å². The van der Waals surface area contributed by atoms with E-state index in [4.69, 9.17) is 0 Å². The Morgan fingerprint density at radius 3 is 2.79 bits per heavy atom. The third kappa shape index (κ3) is 1.63. The standard InChI is InChI=1S/C13H15N/c1-3-6-12-10(2)9-11-7-4-5-8-13(11)14-12/h4-5,7-9H,3,6H2,1-2H3. The number of fused-ring (bicyclic) bond motifs is 1. The van der Waals surface area contributed by atoms with E-state index >= 15 is 0 Å². The van der Waals surface area contributed by atoms with E-state index in [1.54, 1.807) is 0 Å². The highest BCUT2D eigenvalue weighted by Gasteiger charge is 2.01. The quantitative estimate of drug-likeness (QED) is 0.697. The van der Waals surface area contributed by atoms with Crippen molar-refractivity contribution in [1.29, 1.82) is 0 Å². The van der Waals surface area contributed by atoms with E-state index in [2.05, 4.69) is 43.1 Å². The Morgan fingerprint density at radius 2 is 2.00 bits per heavy atom. The van der Waals surface area contributed by atoms with Crippen molar-refractivity contribution >= 4 is 10.9 Å². The minimum atomic E-state index is 1.08. The van der Waals surface area contributed by atoms with Crippen LogP contribution in [0.5, 0.6) is 0 Å². The summed E-state index contributed by atoms with van der Waals surface area (Å²) >= 11 is 0. The number of para-hydroxylation sites is 1. The summed E-state index contributed by atoms with van der Waals surface area (Å²) in [6, 6.07) is 10.5. The summed E-state index contributed by atoms with van der Waals surface area (Å²) < 4.78 is 0. The predicted molar refractivity (Wildman–Crippen MR) is 60.5 cm³/mol. The van der Waals surface area contributed by atoms with E-state index in [1.165, 1.54) is 16.6 Å². The molecule has 0 fully saturated rings. The molecule has 0 atom stereocenters. The van der Waals surface area contributed by atoms with Gasteiger partial charge in [0.15, 0.2) is 0 Å². The molecule has 2 aromatic rings. The van der Waals surface area contributed by atoms with Gasteiger partial charge in [0.2, 0.25) is 0 Å². The summed E-state index contributed by atoms with van der Waals surface area (Å²) in [6.07, 6.45) is 2.24. The van der Waals surface area contributed by atoms with Gasteiger partial charge < -0.3 is 0 Å². The second-order valence-electron chi connectivity index (χ2n) is 3.69. The molecule has 0 aliphatic carbocycles. The van der Waals surface area contributed by atoms with Gasteiger partial charge in [0.1, 0.15) is 0 Å². The zero-order valence-corrected chi connectivity index (χ0v) is 8.75. The average Bonchev–Trinajstić information content (AvgIpc) is 2.19. The first-order valence-corrected chi connectivity index (χ1v) is 5.16. The van der Waals surface area contributed by atoms with Crippen molar-refractivity contribution in [3.63, 3.8) is 0 Å². The molecular weight excluding hydrogens is 170 g/mol. The lowest BCUT2D eigenvalue weighted by molar-refractivity contribution is 0.879. The van der Waals surface area contributed by atoms with Crippen LogP contribution >= 0.6 is 0 Å². The number of aromatic nitrogens is 1. The fourth-order valence-electron chi connectivity index (χ4n) is 1.75. The molecule has 0 aliphatic heterocycles. The van der Waals surface area contributed by atoms with Gasteiger partial charge in [0.05, 0.1) is 5.52 Å². The van der Waals surface area contributed by atoms with Crippen LogP contribution in [0.3, 0.4) is 0 Å². The third-order valence-electron chi connectivity index (χ3n) is 2.51. The highest BCUT2D eigenvalue weighted by molar-refractivity contribution is 5.79. The monoisotopic (exact) mass is 185 g/mol. The van der Waals surface area contributed by atoms with Crippen LogP contribution < -0.4 is 0 Å². The number of hydrogen-bond donors (Lipinski definition) is 0. The number of benzene rings is 1. The molecule has 0 N–H and O–H groups in total. The van der Waals surface area contributed by atoms with E-state index in [0.29, 0.717) is 0 Å². The number of aryl methyl sites for hydroxylation is 2. The summed E-state index contributed by atoms with van der Waals surface area (Å²) in [6.45, 7) is 4.33. The number of nitrogens with zero attached hydrogens (tertiary/aromatic N) is 1. The summed E-state index contributed by atoms with van der Waals surface area (Å²) in [7, 11) is 0. The molecule has 1 aromatic heterocycles. The van der Waals surface area contributed by atoms with Gasteiger partial charge in [-0.25, -0.2) is 0 Å². The number of pyridine rings is 1. The van der Waals surface area contributed by atoms with Gasteiger partial charge in [-0.15, -0.1) is 0 Å². The number of rotatable bonds is 2. The second kappa shape index (κ2) is 3.79. The van der Waals surface area contributed by atoms with Crippen LogP contribution in [0, 0.1) is 6.92 Å². The number of hydrogen-bond acceptors (Lipinski definition) is 1. The van der Waals surface area contributed by atoms with Crippen LogP contribution in [0.25, 0.3) is 10.9 Å². The van der Waals surface area contributed by atoms with Crippen molar-refractivity contribution in [1.82, 2.24) is 4.98 Å². The van der Waals surface area contributed by atoms with Crippen molar-refractivity contribution < 1.29 is 0 Å². The van der Waals surface area contributed by atoms with Crippen LogP contribution in [0.15, 0.2) is 30.3 Å².